The van der Waals surface area contributed by atoms with E-state index in [9.17, 15) is 38.8 Å². The molecule has 3 aliphatic rings. The SMILES string of the molecule is CC(C)C[C@H]1C(=O)O[C@H](Cc2ccc([N+]3([O-])CCOCC3)cc2)C(=O)N(C)[C@@H](CC(C)C)C(=O)O[C@H](C)C(=O)N(C)[C@@H](CC(C)C)C(=O)O[C@H](Cc2ccc(N3CCOCC3)cc2)C(=O)N(C)[C@@H](CC(C)C)C(=O)O[C@H](C)C(=O)N1C. The van der Waals surface area contributed by atoms with Crippen molar-refractivity contribution < 1.29 is 66.8 Å². The number of rotatable bonds is 14. The zero-order chi connectivity index (χ0) is 60.0. The molecule has 0 bridgehead atoms. The number of likely N-dealkylation sites (N-methyl/N-ethyl adjacent to an activating group) is 4. The molecule has 0 spiro atoms. The van der Waals surface area contributed by atoms with Gasteiger partial charge in [-0.25, -0.2) is 19.2 Å². The van der Waals surface area contributed by atoms with Gasteiger partial charge in [-0.2, -0.15) is 0 Å². The average Bonchev–Trinajstić information content (AvgIpc) is 3.47. The summed E-state index contributed by atoms with van der Waals surface area (Å²) in [4.78, 5) is 124. The van der Waals surface area contributed by atoms with Crippen molar-refractivity contribution in [3.63, 3.8) is 0 Å². The number of morpholine rings is 2. The number of esters is 4. The third-order valence-electron chi connectivity index (χ3n) is 15.2. The Labute approximate surface area is 478 Å². The molecule has 0 N–H and O–H groups in total. The van der Waals surface area contributed by atoms with Crippen LogP contribution in [0.25, 0.3) is 0 Å². The maximum atomic E-state index is 15.0. The number of carbonyl (C=O) groups is 8. The maximum Gasteiger partial charge on any atom is 0.329 e. The van der Waals surface area contributed by atoms with Crippen LogP contribution in [0.4, 0.5) is 11.4 Å². The molecule has 3 saturated heterocycles. The number of cyclic esters (lactones) is 4. The molecule has 0 aromatic heterocycles. The lowest BCUT2D eigenvalue weighted by molar-refractivity contribution is -0.176. The molecule has 21 nitrogen and oxygen atoms in total. The summed E-state index contributed by atoms with van der Waals surface area (Å²) < 4.78 is 34.5. The average molecular weight is 1140 g/mol. The van der Waals surface area contributed by atoms with Crippen molar-refractivity contribution >= 4 is 58.9 Å². The highest BCUT2D eigenvalue weighted by Gasteiger charge is 2.43. The molecule has 5 rings (SSSR count). The lowest BCUT2D eigenvalue weighted by atomic mass is 10.00. The topological polar surface area (TPSA) is 231 Å². The summed E-state index contributed by atoms with van der Waals surface area (Å²) in [7, 11) is 5.52. The molecule has 0 aliphatic carbocycles. The fourth-order valence-electron chi connectivity index (χ4n) is 10.4. The van der Waals surface area contributed by atoms with Gasteiger partial charge < -0.3 is 62.8 Å². The Morgan fingerprint density at radius 3 is 1.11 bits per heavy atom. The van der Waals surface area contributed by atoms with Crippen LogP contribution < -0.4 is 9.55 Å². The third kappa shape index (κ3) is 17.9. The highest BCUT2D eigenvalue weighted by Crippen LogP contribution is 2.28. The molecule has 3 aliphatic heterocycles. The minimum atomic E-state index is -1.59. The second-order valence-electron chi connectivity index (χ2n) is 23.7. The number of hydrogen-bond acceptors (Lipinski definition) is 16. The quantitative estimate of drug-likeness (QED) is 0.101. The van der Waals surface area contributed by atoms with Crippen molar-refractivity contribution in [1.29, 1.82) is 0 Å². The highest BCUT2D eigenvalue weighted by molar-refractivity contribution is 5.94. The smallest absolute Gasteiger partial charge is 0.329 e. The summed E-state index contributed by atoms with van der Waals surface area (Å²) in [6, 6.07) is 8.92. The molecule has 81 heavy (non-hydrogen) atoms. The van der Waals surface area contributed by atoms with E-state index in [-0.39, 0.29) is 75.3 Å². The first-order chi connectivity index (χ1) is 38.1. The molecule has 450 valence electrons. The Morgan fingerprint density at radius 2 is 0.765 bits per heavy atom. The molecule has 0 radical (unpaired) electrons. The van der Waals surface area contributed by atoms with Crippen molar-refractivity contribution in [2.75, 3.05) is 85.7 Å². The number of nitrogens with zero attached hydrogens (tertiary/aromatic N) is 6. The molecule has 2 aromatic rings. The van der Waals surface area contributed by atoms with Crippen molar-refractivity contribution in [2.45, 2.75) is 156 Å². The van der Waals surface area contributed by atoms with E-state index in [1.807, 2.05) is 79.7 Å². The van der Waals surface area contributed by atoms with Crippen molar-refractivity contribution in [3.05, 3.63) is 64.9 Å². The Hall–Kier alpha value is -6.16. The standard InChI is InChI=1S/C60H90N6O15/c1-37(2)31-47-57(71)78-42(10)54(68)62(12)50(34-40(7)8)60(74)81-52(36-44-17-21-46(22-18-44)66(75)25-29-77-30-26-66)56(70)64(14)48(32-38(3)4)58(72)79-41(9)53(67)61(11)49(33-39(5)6)59(73)80-51(55(69)63(47)13)35-43-15-19-45(20-16-43)65-23-27-76-28-24-65/h15-22,37-42,47-52H,23-36H2,1-14H3/t41-,42-,47+,48+,49+,50+,51-,52-/m1/s1. The van der Waals surface area contributed by atoms with E-state index in [1.165, 1.54) is 42.0 Å². The lowest BCUT2D eigenvalue weighted by Crippen LogP contribution is -2.55. The van der Waals surface area contributed by atoms with Crippen LogP contribution in [0, 0.1) is 28.9 Å². The number of hydrogen-bond donors (Lipinski definition) is 0. The molecule has 3 fully saturated rings. The van der Waals surface area contributed by atoms with E-state index >= 15 is 4.79 Å². The number of quaternary nitrogens is 1. The van der Waals surface area contributed by atoms with Gasteiger partial charge in [-0.3, -0.25) is 19.2 Å². The molecule has 0 saturated carbocycles. The van der Waals surface area contributed by atoms with Crippen LogP contribution in [0.5, 0.6) is 0 Å². The predicted molar refractivity (Wildman–Crippen MR) is 304 cm³/mol. The Morgan fingerprint density at radius 1 is 0.457 bits per heavy atom. The van der Waals surface area contributed by atoms with E-state index in [0.29, 0.717) is 56.3 Å². The van der Waals surface area contributed by atoms with Crippen LogP contribution in [-0.2, 0) is 79.6 Å². The Balaban J connectivity index is 1.59. The first kappa shape index (κ1) is 65.6. The molecular formula is C60H90N6O15. The summed E-state index contributed by atoms with van der Waals surface area (Å²) in [6.45, 7) is 21.0. The van der Waals surface area contributed by atoms with E-state index in [0.717, 1.165) is 25.3 Å². The molecule has 2 aromatic carbocycles. The van der Waals surface area contributed by atoms with Gasteiger partial charge in [0.05, 0.1) is 26.4 Å². The first-order valence-electron chi connectivity index (χ1n) is 28.7. The fourth-order valence-corrected chi connectivity index (χ4v) is 10.4. The van der Waals surface area contributed by atoms with Gasteiger partial charge in [-0.15, -0.1) is 0 Å². The molecule has 21 heteroatoms. The van der Waals surface area contributed by atoms with Gasteiger partial charge in [0, 0.05) is 59.8 Å². The van der Waals surface area contributed by atoms with Crippen molar-refractivity contribution in [2.24, 2.45) is 23.7 Å². The van der Waals surface area contributed by atoms with Gasteiger partial charge in [-0.05, 0) is 98.6 Å². The Kier molecular flexibility index (Phi) is 24.1. The number of anilines is 1. The molecular weight excluding hydrogens is 1040 g/mol. The minimum absolute atomic E-state index is 0.0599. The summed E-state index contributed by atoms with van der Waals surface area (Å²) in [6.07, 6.45) is -6.17. The monoisotopic (exact) mass is 1130 g/mol. The van der Waals surface area contributed by atoms with E-state index < -0.39 is 101 Å². The summed E-state index contributed by atoms with van der Waals surface area (Å²) in [5.74, 6) is -7.60. The largest absolute Gasteiger partial charge is 0.627 e. The van der Waals surface area contributed by atoms with Crippen LogP contribution in [0.15, 0.2) is 48.5 Å². The van der Waals surface area contributed by atoms with Crippen molar-refractivity contribution in [3.8, 4) is 0 Å². The molecule has 3 heterocycles. The number of benzene rings is 2. The van der Waals surface area contributed by atoms with Gasteiger partial charge >= 0.3 is 23.9 Å². The van der Waals surface area contributed by atoms with E-state index in [1.54, 1.807) is 24.3 Å². The van der Waals surface area contributed by atoms with Gasteiger partial charge in [0.2, 0.25) is 0 Å². The van der Waals surface area contributed by atoms with Crippen LogP contribution in [0.3, 0.4) is 0 Å². The summed E-state index contributed by atoms with van der Waals surface area (Å²) in [5.41, 5.74) is 2.56. The molecule has 8 atom stereocenters. The lowest BCUT2D eigenvalue weighted by Gasteiger charge is -2.44. The van der Waals surface area contributed by atoms with Gasteiger partial charge in [0.15, 0.2) is 24.4 Å². The zero-order valence-corrected chi connectivity index (χ0v) is 50.3. The third-order valence-corrected chi connectivity index (χ3v) is 15.2. The normalized spacial score (nSPS) is 26.0. The molecule has 0 unspecified atom stereocenters. The second kappa shape index (κ2) is 29.7. The number of ether oxygens (including phenoxy) is 6. The van der Waals surface area contributed by atoms with Gasteiger partial charge in [0.25, 0.3) is 23.6 Å². The number of hydroxylamine groups is 2. The van der Waals surface area contributed by atoms with Crippen LogP contribution in [0.2, 0.25) is 0 Å². The minimum Gasteiger partial charge on any atom is -0.627 e. The van der Waals surface area contributed by atoms with Crippen LogP contribution >= 0.6 is 0 Å². The number of carbonyl (C=O) groups excluding carboxylic acids is 8. The Bertz CT molecular complexity index is 2440. The van der Waals surface area contributed by atoms with Gasteiger partial charge in [-0.1, -0.05) is 79.7 Å². The van der Waals surface area contributed by atoms with Crippen LogP contribution in [0.1, 0.15) is 106 Å². The number of amides is 4. The zero-order valence-electron chi connectivity index (χ0n) is 50.3. The van der Waals surface area contributed by atoms with E-state index in [4.69, 9.17) is 28.4 Å². The fraction of sp³-hybridized carbons (Fsp3) is 0.667. The molecule has 4 amide bonds. The van der Waals surface area contributed by atoms with Gasteiger partial charge in [0.1, 0.15) is 42.9 Å². The van der Waals surface area contributed by atoms with Crippen LogP contribution in [-0.4, -0.2) is 196 Å². The van der Waals surface area contributed by atoms with Crippen molar-refractivity contribution in [1.82, 2.24) is 24.2 Å². The maximum absolute atomic E-state index is 15.0. The summed E-state index contributed by atoms with van der Waals surface area (Å²) >= 11 is 0. The predicted octanol–water partition coefficient (Wildman–Crippen LogP) is 5.34. The second-order valence-corrected chi connectivity index (χ2v) is 23.7. The first-order valence-corrected chi connectivity index (χ1v) is 28.7. The highest BCUT2D eigenvalue weighted by atomic mass is 16.6. The van der Waals surface area contributed by atoms with E-state index in [2.05, 4.69) is 4.90 Å². The summed E-state index contributed by atoms with van der Waals surface area (Å²) in [5, 5.41) is 13.7.